The van der Waals surface area contributed by atoms with E-state index in [0.29, 0.717) is 21.7 Å². The molecule has 0 aliphatic heterocycles. The van der Waals surface area contributed by atoms with Crippen LogP contribution in [0.2, 0.25) is 0 Å². The Morgan fingerprint density at radius 2 is 1.58 bits per heavy atom. The lowest BCUT2D eigenvalue weighted by Gasteiger charge is -2.08. The maximum atomic E-state index is 12.6. The lowest BCUT2D eigenvalue weighted by atomic mass is 10.0. The number of Topliss-reactive ketones (excluding diaryl/α,β-unsaturated/α-hetero) is 1. The van der Waals surface area contributed by atoms with Crippen LogP contribution in [0.3, 0.4) is 0 Å². The fourth-order valence-electron chi connectivity index (χ4n) is 3.23. The maximum absolute atomic E-state index is 12.6. The number of fused-ring (bicyclic) bond motifs is 1. The minimum atomic E-state index is -0.276. The van der Waals surface area contributed by atoms with E-state index in [9.17, 15) is 14.4 Å². The van der Waals surface area contributed by atoms with Crippen LogP contribution >= 0.6 is 11.3 Å². The molecule has 0 radical (unpaired) electrons. The predicted octanol–water partition coefficient (Wildman–Crippen LogP) is 3.83. The van der Waals surface area contributed by atoms with Crippen molar-refractivity contribution in [3.8, 4) is 0 Å². The van der Waals surface area contributed by atoms with Gasteiger partial charge in [0, 0.05) is 23.1 Å². The number of rotatable bonds is 4. The van der Waals surface area contributed by atoms with E-state index in [0.717, 1.165) is 31.2 Å². The van der Waals surface area contributed by atoms with Gasteiger partial charge in [0.15, 0.2) is 5.78 Å². The molecule has 6 heteroatoms. The number of hydrogen-bond acceptors (Lipinski definition) is 4. The lowest BCUT2D eigenvalue weighted by molar-refractivity contribution is 0.0962. The van der Waals surface area contributed by atoms with Crippen LogP contribution in [-0.4, -0.2) is 24.6 Å². The number of hydrogen-bond donors (Lipinski definition) is 2. The van der Waals surface area contributed by atoms with Gasteiger partial charge in [-0.15, -0.1) is 11.3 Å². The van der Waals surface area contributed by atoms with E-state index in [1.54, 1.807) is 31.3 Å². The van der Waals surface area contributed by atoms with Crippen LogP contribution in [-0.2, 0) is 12.8 Å². The topological polar surface area (TPSA) is 75.3 Å². The summed E-state index contributed by atoms with van der Waals surface area (Å²) in [4.78, 5) is 37.6. The number of thiophene rings is 1. The molecule has 3 rings (SSSR count). The van der Waals surface area contributed by atoms with Gasteiger partial charge in [-0.25, -0.2) is 0 Å². The number of carbonyl (C=O) groups is 3. The van der Waals surface area contributed by atoms with Gasteiger partial charge >= 0.3 is 0 Å². The van der Waals surface area contributed by atoms with Crippen LogP contribution in [0.25, 0.3) is 0 Å². The second-order valence-electron chi connectivity index (χ2n) is 6.44. The highest BCUT2D eigenvalue weighted by atomic mass is 32.1. The Bertz CT molecular complexity index is 853. The van der Waals surface area contributed by atoms with Gasteiger partial charge in [-0.1, -0.05) is 18.6 Å². The molecule has 0 spiro atoms. The van der Waals surface area contributed by atoms with E-state index in [1.165, 1.54) is 29.6 Å². The van der Waals surface area contributed by atoms with E-state index in [2.05, 4.69) is 10.6 Å². The van der Waals surface area contributed by atoms with E-state index in [4.69, 9.17) is 0 Å². The Morgan fingerprint density at radius 1 is 0.923 bits per heavy atom. The summed E-state index contributed by atoms with van der Waals surface area (Å²) in [6, 6.07) is 6.54. The highest BCUT2D eigenvalue weighted by molar-refractivity contribution is 7.17. The van der Waals surface area contributed by atoms with Gasteiger partial charge in [0.05, 0.1) is 5.56 Å². The molecule has 0 saturated heterocycles. The van der Waals surface area contributed by atoms with Crippen molar-refractivity contribution in [2.75, 3.05) is 12.4 Å². The standard InChI is InChI=1S/C20H22N2O3S/c1-12(23)13-8-10-14(11-9-13)18(24)22-20-17(19(25)21-2)15-6-4-3-5-7-16(15)26-20/h8-11H,3-7H2,1-2H3,(H,21,25)(H,22,24). The van der Waals surface area contributed by atoms with Crippen LogP contribution < -0.4 is 10.6 Å². The van der Waals surface area contributed by atoms with Gasteiger partial charge in [0.25, 0.3) is 11.8 Å². The molecule has 1 heterocycles. The second-order valence-corrected chi connectivity index (χ2v) is 7.54. The molecule has 0 saturated carbocycles. The summed E-state index contributed by atoms with van der Waals surface area (Å²) in [7, 11) is 1.61. The molecule has 0 bridgehead atoms. The van der Waals surface area contributed by atoms with Crippen molar-refractivity contribution in [2.45, 2.75) is 39.0 Å². The lowest BCUT2D eigenvalue weighted by Crippen LogP contribution is -2.21. The third-order valence-electron chi connectivity index (χ3n) is 4.66. The summed E-state index contributed by atoms with van der Waals surface area (Å²) in [5.41, 5.74) is 2.70. The first kappa shape index (κ1) is 18.3. The van der Waals surface area contributed by atoms with Gasteiger partial charge in [-0.3, -0.25) is 14.4 Å². The second kappa shape index (κ2) is 7.83. The van der Waals surface area contributed by atoms with Gasteiger partial charge in [0.2, 0.25) is 0 Å². The Balaban J connectivity index is 1.90. The average molecular weight is 370 g/mol. The number of aryl methyl sites for hydroxylation is 1. The van der Waals surface area contributed by atoms with Crippen molar-refractivity contribution in [1.29, 1.82) is 0 Å². The number of ketones is 1. The highest BCUT2D eigenvalue weighted by Gasteiger charge is 2.25. The summed E-state index contributed by atoms with van der Waals surface area (Å²) >= 11 is 1.50. The number of anilines is 1. The maximum Gasteiger partial charge on any atom is 0.256 e. The molecule has 5 nitrogen and oxygen atoms in total. The van der Waals surface area contributed by atoms with E-state index in [1.807, 2.05) is 0 Å². The van der Waals surface area contributed by atoms with Crippen molar-refractivity contribution in [2.24, 2.45) is 0 Å². The molecule has 1 aromatic carbocycles. The molecule has 0 atom stereocenters. The van der Waals surface area contributed by atoms with Crippen LogP contribution in [0, 0.1) is 0 Å². The summed E-state index contributed by atoms with van der Waals surface area (Å²) in [5, 5.41) is 6.20. The van der Waals surface area contributed by atoms with Gasteiger partial charge in [-0.05, 0) is 50.3 Å². The third-order valence-corrected chi connectivity index (χ3v) is 5.86. The molecule has 2 N–H and O–H groups in total. The Labute approximate surface area is 156 Å². The number of nitrogens with one attached hydrogen (secondary N) is 2. The van der Waals surface area contributed by atoms with E-state index in [-0.39, 0.29) is 17.6 Å². The summed E-state index contributed by atoms with van der Waals surface area (Å²) in [5.74, 6) is -0.478. The van der Waals surface area contributed by atoms with Crippen molar-refractivity contribution >= 4 is 33.9 Å². The molecule has 136 valence electrons. The smallest absolute Gasteiger partial charge is 0.256 e. The molecular formula is C20H22N2O3S. The normalized spacial score (nSPS) is 13.5. The highest BCUT2D eigenvalue weighted by Crippen LogP contribution is 2.37. The molecule has 2 aromatic rings. The van der Waals surface area contributed by atoms with Crippen LogP contribution in [0.4, 0.5) is 5.00 Å². The van der Waals surface area contributed by atoms with Crippen LogP contribution in [0.15, 0.2) is 24.3 Å². The zero-order chi connectivity index (χ0) is 18.7. The molecule has 0 fully saturated rings. The molecule has 1 aromatic heterocycles. The first-order chi connectivity index (χ1) is 12.5. The Hall–Kier alpha value is -2.47. The summed E-state index contributed by atoms with van der Waals surface area (Å²) < 4.78 is 0. The largest absolute Gasteiger partial charge is 0.355 e. The SMILES string of the molecule is CNC(=O)c1c(NC(=O)c2ccc(C(C)=O)cc2)sc2c1CCCCC2. The minimum absolute atomic E-state index is 0.0409. The van der Waals surface area contributed by atoms with Crippen LogP contribution in [0.1, 0.15) is 67.7 Å². The fraction of sp³-hybridized carbons (Fsp3) is 0.350. The molecule has 0 unspecified atom stereocenters. The Morgan fingerprint density at radius 3 is 2.23 bits per heavy atom. The predicted molar refractivity (Wildman–Crippen MR) is 103 cm³/mol. The van der Waals surface area contributed by atoms with Crippen molar-refractivity contribution in [3.05, 3.63) is 51.4 Å². The van der Waals surface area contributed by atoms with E-state index < -0.39 is 0 Å². The zero-order valence-corrected chi connectivity index (χ0v) is 15.8. The first-order valence-corrected chi connectivity index (χ1v) is 9.62. The third kappa shape index (κ3) is 3.70. The monoisotopic (exact) mass is 370 g/mol. The quantitative estimate of drug-likeness (QED) is 0.634. The number of carbonyl (C=O) groups excluding carboxylic acids is 3. The summed E-state index contributed by atoms with van der Waals surface area (Å²) in [6.07, 6.45) is 5.16. The zero-order valence-electron chi connectivity index (χ0n) is 15.0. The number of amides is 2. The molecule has 2 amide bonds. The van der Waals surface area contributed by atoms with Crippen molar-refractivity contribution in [3.63, 3.8) is 0 Å². The molecule has 1 aliphatic carbocycles. The van der Waals surface area contributed by atoms with Crippen molar-refractivity contribution in [1.82, 2.24) is 5.32 Å². The van der Waals surface area contributed by atoms with Gasteiger partial charge in [0.1, 0.15) is 5.00 Å². The first-order valence-electron chi connectivity index (χ1n) is 8.80. The van der Waals surface area contributed by atoms with Gasteiger partial charge < -0.3 is 10.6 Å². The fourth-order valence-corrected chi connectivity index (χ4v) is 4.51. The van der Waals surface area contributed by atoms with E-state index >= 15 is 0 Å². The average Bonchev–Trinajstić information content (AvgIpc) is 2.81. The summed E-state index contributed by atoms with van der Waals surface area (Å²) in [6.45, 7) is 1.49. The molecule has 26 heavy (non-hydrogen) atoms. The minimum Gasteiger partial charge on any atom is -0.355 e. The van der Waals surface area contributed by atoms with Crippen molar-refractivity contribution < 1.29 is 14.4 Å². The number of benzene rings is 1. The van der Waals surface area contributed by atoms with Gasteiger partial charge in [-0.2, -0.15) is 0 Å². The molecule has 1 aliphatic rings. The van der Waals surface area contributed by atoms with Crippen LogP contribution in [0.5, 0.6) is 0 Å². The molecular weight excluding hydrogens is 348 g/mol. The Kier molecular flexibility index (Phi) is 5.52.